The summed E-state index contributed by atoms with van der Waals surface area (Å²) in [5.74, 6) is 0.827. The summed E-state index contributed by atoms with van der Waals surface area (Å²) < 4.78 is 0. The molecule has 98 valence electrons. The van der Waals surface area contributed by atoms with Gasteiger partial charge in [-0.25, -0.2) is 0 Å². The van der Waals surface area contributed by atoms with Gasteiger partial charge in [0.15, 0.2) is 0 Å². The fourth-order valence-electron chi connectivity index (χ4n) is 2.38. The Bertz CT molecular complexity index is 532. The van der Waals surface area contributed by atoms with Gasteiger partial charge in [-0.3, -0.25) is 4.98 Å². The fraction of sp³-hybridized carbons (Fsp3) is 0.353. The van der Waals surface area contributed by atoms with Gasteiger partial charge in [-0.1, -0.05) is 30.3 Å². The Morgan fingerprint density at radius 3 is 2.84 bits per heavy atom. The van der Waals surface area contributed by atoms with Gasteiger partial charge in [0, 0.05) is 18.8 Å². The number of rotatable bonds is 5. The van der Waals surface area contributed by atoms with E-state index in [0.29, 0.717) is 0 Å². The highest BCUT2D eigenvalue weighted by Crippen LogP contribution is 2.40. The van der Waals surface area contributed by atoms with E-state index in [1.165, 1.54) is 24.0 Å². The topological polar surface area (TPSA) is 24.9 Å². The van der Waals surface area contributed by atoms with Gasteiger partial charge < -0.3 is 5.32 Å². The summed E-state index contributed by atoms with van der Waals surface area (Å²) in [7, 11) is 0. The van der Waals surface area contributed by atoms with E-state index in [1.54, 1.807) is 0 Å². The van der Waals surface area contributed by atoms with E-state index in [0.717, 1.165) is 18.2 Å². The van der Waals surface area contributed by atoms with E-state index in [1.807, 2.05) is 18.3 Å². The van der Waals surface area contributed by atoms with E-state index in [4.69, 9.17) is 0 Å². The van der Waals surface area contributed by atoms with Crippen LogP contribution in [0, 0.1) is 0 Å². The van der Waals surface area contributed by atoms with Gasteiger partial charge in [-0.2, -0.15) is 0 Å². The molecule has 1 aliphatic carbocycles. The lowest BCUT2D eigenvalue weighted by Crippen LogP contribution is -2.19. The van der Waals surface area contributed by atoms with Crippen molar-refractivity contribution in [1.82, 2.24) is 10.3 Å². The summed E-state index contributed by atoms with van der Waals surface area (Å²) in [6.07, 6.45) is 4.57. The molecule has 0 aliphatic heterocycles. The predicted molar refractivity (Wildman–Crippen MR) is 77.9 cm³/mol. The minimum Gasteiger partial charge on any atom is -0.305 e. The molecule has 0 bridgehead atoms. The van der Waals surface area contributed by atoms with Crippen LogP contribution in [0.2, 0.25) is 0 Å². The largest absolute Gasteiger partial charge is 0.305 e. The van der Waals surface area contributed by atoms with Gasteiger partial charge in [-0.05, 0) is 48.9 Å². The third-order valence-corrected chi connectivity index (χ3v) is 3.74. The summed E-state index contributed by atoms with van der Waals surface area (Å²) in [6, 6.07) is 15.3. The van der Waals surface area contributed by atoms with Crippen LogP contribution >= 0.6 is 0 Å². The first kappa shape index (κ1) is 12.4. The van der Waals surface area contributed by atoms with Crippen molar-refractivity contribution in [3.8, 4) is 0 Å². The number of hydrogen-bond donors (Lipinski definition) is 1. The average Bonchev–Trinajstić information content (AvgIpc) is 3.31. The summed E-state index contributed by atoms with van der Waals surface area (Å²) in [5, 5.41) is 3.54. The van der Waals surface area contributed by atoms with E-state index in [-0.39, 0.29) is 6.04 Å². The van der Waals surface area contributed by atoms with Gasteiger partial charge in [-0.15, -0.1) is 0 Å². The monoisotopic (exact) mass is 252 g/mol. The molecule has 1 heterocycles. The van der Waals surface area contributed by atoms with Crippen molar-refractivity contribution in [1.29, 1.82) is 0 Å². The first-order valence-corrected chi connectivity index (χ1v) is 7.06. The highest BCUT2D eigenvalue weighted by molar-refractivity contribution is 5.29. The number of hydrogen-bond acceptors (Lipinski definition) is 2. The van der Waals surface area contributed by atoms with Crippen LogP contribution in [0.15, 0.2) is 48.7 Å². The van der Waals surface area contributed by atoms with Gasteiger partial charge in [0.05, 0.1) is 5.69 Å². The standard InChI is InChI=1S/C17H20N2/c1-13(17-7-2-3-10-18-17)19-12-14-5-4-6-16(11-14)15-8-9-15/h2-7,10-11,13,15,19H,8-9,12H2,1H3/t13-/m0/s1. The summed E-state index contributed by atoms with van der Waals surface area (Å²) in [4.78, 5) is 4.38. The molecule has 0 amide bonds. The Hall–Kier alpha value is -1.67. The van der Waals surface area contributed by atoms with Crippen LogP contribution in [-0.2, 0) is 6.54 Å². The van der Waals surface area contributed by atoms with E-state index in [9.17, 15) is 0 Å². The molecule has 2 heteroatoms. The van der Waals surface area contributed by atoms with Crippen LogP contribution in [-0.4, -0.2) is 4.98 Å². The third-order valence-electron chi connectivity index (χ3n) is 3.74. The van der Waals surface area contributed by atoms with Crippen molar-refractivity contribution in [2.75, 3.05) is 0 Å². The quantitative estimate of drug-likeness (QED) is 0.875. The first-order valence-electron chi connectivity index (χ1n) is 7.06. The minimum absolute atomic E-state index is 0.283. The van der Waals surface area contributed by atoms with E-state index < -0.39 is 0 Å². The second-order valence-electron chi connectivity index (χ2n) is 5.38. The Morgan fingerprint density at radius 2 is 2.11 bits per heavy atom. The fourth-order valence-corrected chi connectivity index (χ4v) is 2.38. The van der Waals surface area contributed by atoms with Crippen molar-refractivity contribution < 1.29 is 0 Å². The lowest BCUT2D eigenvalue weighted by Gasteiger charge is -2.13. The number of aromatic nitrogens is 1. The van der Waals surface area contributed by atoms with Gasteiger partial charge in [0.25, 0.3) is 0 Å². The maximum atomic E-state index is 4.38. The SMILES string of the molecule is C[C@H](NCc1cccc(C2CC2)c1)c1ccccn1. The first-order chi connectivity index (χ1) is 9.33. The second-order valence-corrected chi connectivity index (χ2v) is 5.38. The molecule has 1 atom stereocenters. The molecular weight excluding hydrogens is 232 g/mol. The molecule has 2 nitrogen and oxygen atoms in total. The third kappa shape index (κ3) is 3.21. The van der Waals surface area contributed by atoms with E-state index in [2.05, 4.69) is 47.6 Å². The normalized spacial score (nSPS) is 16.3. The molecule has 1 aromatic heterocycles. The van der Waals surface area contributed by atoms with Crippen molar-refractivity contribution in [2.24, 2.45) is 0 Å². The summed E-state index contributed by atoms with van der Waals surface area (Å²) in [5.41, 5.74) is 3.97. The molecule has 3 rings (SSSR count). The second kappa shape index (κ2) is 5.54. The van der Waals surface area contributed by atoms with Crippen molar-refractivity contribution in [3.05, 3.63) is 65.5 Å². The van der Waals surface area contributed by atoms with Crippen molar-refractivity contribution in [2.45, 2.75) is 38.3 Å². The minimum atomic E-state index is 0.283. The van der Waals surface area contributed by atoms with Crippen LogP contribution in [0.1, 0.15) is 48.5 Å². The summed E-state index contributed by atoms with van der Waals surface area (Å²) >= 11 is 0. The smallest absolute Gasteiger partial charge is 0.0570 e. The zero-order chi connectivity index (χ0) is 13.1. The Balaban J connectivity index is 1.61. The lowest BCUT2D eigenvalue weighted by molar-refractivity contribution is 0.561. The number of pyridine rings is 1. The molecule has 0 radical (unpaired) electrons. The van der Waals surface area contributed by atoms with Crippen LogP contribution in [0.5, 0.6) is 0 Å². The van der Waals surface area contributed by atoms with Gasteiger partial charge in [0.2, 0.25) is 0 Å². The zero-order valence-electron chi connectivity index (χ0n) is 11.3. The maximum Gasteiger partial charge on any atom is 0.0570 e. The van der Waals surface area contributed by atoms with Crippen molar-refractivity contribution in [3.63, 3.8) is 0 Å². The molecule has 19 heavy (non-hydrogen) atoms. The molecule has 0 unspecified atom stereocenters. The molecular formula is C17H20N2. The highest BCUT2D eigenvalue weighted by atomic mass is 14.9. The average molecular weight is 252 g/mol. The van der Waals surface area contributed by atoms with Crippen LogP contribution in [0.4, 0.5) is 0 Å². The zero-order valence-corrected chi connectivity index (χ0v) is 11.3. The number of nitrogens with one attached hydrogen (secondary N) is 1. The molecule has 1 N–H and O–H groups in total. The van der Waals surface area contributed by atoms with E-state index >= 15 is 0 Å². The van der Waals surface area contributed by atoms with Crippen molar-refractivity contribution >= 4 is 0 Å². The Kier molecular flexibility index (Phi) is 3.60. The van der Waals surface area contributed by atoms with Crippen LogP contribution < -0.4 is 5.32 Å². The lowest BCUT2D eigenvalue weighted by atomic mass is 10.1. The molecule has 1 aliphatic rings. The molecule has 1 saturated carbocycles. The molecule has 2 aromatic rings. The maximum absolute atomic E-state index is 4.38. The van der Waals surface area contributed by atoms with Gasteiger partial charge >= 0.3 is 0 Å². The number of benzene rings is 1. The summed E-state index contributed by atoms with van der Waals surface area (Å²) in [6.45, 7) is 3.06. The Morgan fingerprint density at radius 1 is 1.21 bits per heavy atom. The Labute approximate surface area is 114 Å². The molecule has 0 spiro atoms. The number of nitrogens with zero attached hydrogens (tertiary/aromatic N) is 1. The molecule has 1 aromatic carbocycles. The molecule has 1 fully saturated rings. The predicted octanol–water partition coefficient (Wildman–Crippen LogP) is 3.81. The van der Waals surface area contributed by atoms with Crippen LogP contribution in [0.25, 0.3) is 0 Å². The molecule has 0 saturated heterocycles. The highest BCUT2D eigenvalue weighted by Gasteiger charge is 2.23. The van der Waals surface area contributed by atoms with Crippen LogP contribution in [0.3, 0.4) is 0 Å². The van der Waals surface area contributed by atoms with Gasteiger partial charge in [0.1, 0.15) is 0 Å².